The summed E-state index contributed by atoms with van der Waals surface area (Å²) in [6.45, 7) is 1.41. The SMILES string of the molecule is COC(=O)N[C@@H](C(=O)N1CCC[C@H]1c1ncc(-c2ccc3c(c2)OCn2c-3cc3cc(-c4cnc([C@@H]5CCCN5C(=O)[C@H](NC(=O)OC)c5ccccc5)[nH]4)ccc32)[nH]1)c1ccccc1. The maximum atomic E-state index is 14.0. The van der Waals surface area contributed by atoms with Crippen LogP contribution in [0.2, 0.25) is 0 Å². The second kappa shape index (κ2) is 17.4. The van der Waals surface area contributed by atoms with Crippen molar-refractivity contribution in [2.45, 2.75) is 56.6 Å². The van der Waals surface area contributed by atoms with Crippen molar-refractivity contribution in [3.8, 4) is 39.5 Å². The zero-order chi connectivity index (χ0) is 44.6. The molecular formula is C49H47N9O7. The molecule has 0 unspecified atom stereocenters. The topological polar surface area (TPSA) is 189 Å². The van der Waals surface area contributed by atoms with E-state index >= 15 is 0 Å². The van der Waals surface area contributed by atoms with Crippen LogP contribution in [-0.4, -0.2) is 85.6 Å². The Kier molecular flexibility index (Phi) is 11.0. The Morgan fingerprint density at radius 3 is 1.74 bits per heavy atom. The van der Waals surface area contributed by atoms with Gasteiger partial charge in [-0.05, 0) is 67.1 Å². The summed E-state index contributed by atoms with van der Waals surface area (Å²) in [7, 11) is 2.56. The lowest BCUT2D eigenvalue weighted by Crippen LogP contribution is -2.42. The largest absolute Gasteiger partial charge is 0.472 e. The van der Waals surface area contributed by atoms with E-state index in [4.69, 9.17) is 24.2 Å². The van der Waals surface area contributed by atoms with Gasteiger partial charge >= 0.3 is 12.2 Å². The van der Waals surface area contributed by atoms with Crippen molar-refractivity contribution in [2.24, 2.45) is 0 Å². The Morgan fingerprint density at radius 2 is 1.20 bits per heavy atom. The minimum Gasteiger partial charge on any atom is -0.472 e. The Labute approximate surface area is 373 Å². The molecule has 7 aromatic rings. The highest BCUT2D eigenvalue weighted by atomic mass is 16.5. The summed E-state index contributed by atoms with van der Waals surface area (Å²) in [4.78, 5) is 72.7. The fraction of sp³-hybridized carbons (Fsp3) is 0.265. The van der Waals surface area contributed by atoms with Crippen LogP contribution in [-0.2, 0) is 25.8 Å². The first-order valence-corrected chi connectivity index (χ1v) is 21.7. The lowest BCUT2D eigenvalue weighted by molar-refractivity contribution is -0.135. The molecule has 3 aliphatic heterocycles. The standard InChI is InChI=1S/C49H47N9O7/c1-63-48(61)54-42(29-11-5-3-6-12-29)46(59)56-21-9-15-38(56)44-50-26-35(52-44)31-18-20-37-33(23-31)24-40-34-19-17-32(25-41(34)65-28-58(37)40)36-27-51-45(53-36)39-16-10-22-57(39)47(60)43(55-49(62)64-2)30-13-7-4-8-14-30/h3-8,11-14,17-20,23-27,38-39,42-43H,9-10,15-16,21-22,28H2,1-2H3,(H,50,52)(H,51,53)(H,54,61)(H,55,62)/t38-,39-,42+,43+/m0/s1. The predicted molar refractivity (Wildman–Crippen MR) is 240 cm³/mol. The molecule has 3 aliphatic rings. The molecule has 4 N–H and O–H groups in total. The lowest BCUT2D eigenvalue weighted by atomic mass is 10.0. The first kappa shape index (κ1) is 41.1. The smallest absolute Gasteiger partial charge is 0.407 e. The number of aromatic nitrogens is 5. The predicted octanol–water partition coefficient (Wildman–Crippen LogP) is 7.96. The van der Waals surface area contributed by atoms with Crippen LogP contribution >= 0.6 is 0 Å². The van der Waals surface area contributed by atoms with E-state index in [-0.39, 0.29) is 23.9 Å². The third-order valence-corrected chi connectivity index (χ3v) is 12.7. The zero-order valence-electron chi connectivity index (χ0n) is 35.8. The highest BCUT2D eigenvalue weighted by Crippen LogP contribution is 2.42. The third-order valence-electron chi connectivity index (χ3n) is 12.7. The number of carbonyl (C=O) groups is 4. The number of imidazole rings is 2. The van der Waals surface area contributed by atoms with E-state index in [0.29, 0.717) is 42.6 Å². The molecule has 0 bridgehead atoms. The van der Waals surface area contributed by atoms with Gasteiger partial charge < -0.3 is 49.2 Å². The number of fused-ring (bicyclic) bond motifs is 5. The van der Waals surface area contributed by atoms with Gasteiger partial charge in [-0.1, -0.05) is 72.8 Å². The lowest BCUT2D eigenvalue weighted by Gasteiger charge is -2.28. The molecule has 4 aromatic carbocycles. The number of ether oxygens (including phenoxy) is 3. The van der Waals surface area contributed by atoms with Crippen molar-refractivity contribution < 1.29 is 33.4 Å². The van der Waals surface area contributed by atoms with Crippen LogP contribution in [0.15, 0.2) is 116 Å². The van der Waals surface area contributed by atoms with E-state index in [9.17, 15) is 19.2 Å². The van der Waals surface area contributed by atoms with E-state index in [2.05, 4.69) is 55.5 Å². The number of benzene rings is 4. The van der Waals surface area contributed by atoms with Crippen LogP contribution in [0.4, 0.5) is 9.59 Å². The average Bonchev–Trinajstić information content (AvgIpc) is 4.21. The number of likely N-dealkylation sites (tertiary alicyclic amines) is 2. The van der Waals surface area contributed by atoms with Crippen LogP contribution in [0.25, 0.3) is 44.7 Å². The van der Waals surface area contributed by atoms with Gasteiger partial charge in [0.05, 0.1) is 61.3 Å². The summed E-state index contributed by atoms with van der Waals surface area (Å²) < 4.78 is 18.2. The molecule has 2 saturated heterocycles. The molecule has 0 spiro atoms. The van der Waals surface area contributed by atoms with Crippen LogP contribution in [0, 0.1) is 0 Å². The van der Waals surface area contributed by atoms with E-state index < -0.39 is 24.3 Å². The van der Waals surface area contributed by atoms with Crippen molar-refractivity contribution >= 4 is 34.9 Å². The van der Waals surface area contributed by atoms with Crippen LogP contribution in [0.5, 0.6) is 5.75 Å². The van der Waals surface area contributed by atoms with Gasteiger partial charge in [-0.15, -0.1) is 0 Å². The Morgan fingerprint density at radius 1 is 0.677 bits per heavy atom. The van der Waals surface area contributed by atoms with E-state index in [1.54, 1.807) is 16.0 Å². The number of nitrogens with one attached hydrogen (secondary N) is 4. The second-order valence-corrected chi connectivity index (χ2v) is 16.4. The fourth-order valence-electron chi connectivity index (χ4n) is 9.44. The normalized spacial score (nSPS) is 17.4. The fourth-order valence-corrected chi connectivity index (χ4v) is 9.44. The Hall–Kier alpha value is -7.88. The maximum Gasteiger partial charge on any atom is 0.407 e. The third kappa shape index (κ3) is 7.81. The van der Waals surface area contributed by atoms with Gasteiger partial charge in [-0.2, -0.15) is 0 Å². The molecule has 6 heterocycles. The van der Waals surface area contributed by atoms with Crippen molar-refractivity contribution in [3.63, 3.8) is 0 Å². The van der Waals surface area contributed by atoms with Crippen molar-refractivity contribution in [3.05, 3.63) is 138 Å². The summed E-state index contributed by atoms with van der Waals surface area (Å²) in [5.74, 6) is 1.66. The molecule has 10 rings (SSSR count). The van der Waals surface area contributed by atoms with Crippen molar-refractivity contribution in [1.82, 2.24) is 44.9 Å². The summed E-state index contributed by atoms with van der Waals surface area (Å²) in [5, 5.41) is 6.48. The van der Waals surface area contributed by atoms with Gasteiger partial charge in [0.1, 0.15) is 29.5 Å². The number of H-pyrrole nitrogens is 2. The quantitative estimate of drug-likeness (QED) is 0.106. The summed E-state index contributed by atoms with van der Waals surface area (Å²) in [6, 6.07) is 30.5. The number of hydrogen-bond acceptors (Lipinski definition) is 9. The number of methoxy groups -OCH3 is 2. The molecule has 3 aromatic heterocycles. The van der Waals surface area contributed by atoms with Gasteiger partial charge in [0, 0.05) is 35.2 Å². The minimum absolute atomic E-state index is 0.221. The molecule has 0 aliphatic carbocycles. The molecule has 16 heteroatoms. The van der Waals surface area contributed by atoms with Crippen LogP contribution in [0.1, 0.15) is 72.6 Å². The molecule has 65 heavy (non-hydrogen) atoms. The molecule has 4 amide bonds. The van der Waals surface area contributed by atoms with Gasteiger partial charge in [-0.3, -0.25) is 9.59 Å². The van der Waals surface area contributed by atoms with Crippen LogP contribution in [0.3, 0.4) is 0 Å². The number of alkyl carbamates (subject to hydrolysis) is 2. The first-order valence-electron chi connectivity index (χ1n) is 21.7. The molecule has 0 saturated carbocycles. The van der Waals surface area contributed by atoms with Crippen LogP contribution < -0.4 is 15.4 Å². The number of aromatic amines is 2. The zero-order valence-corrected chi connectivity index (χ0v) is 35.8. The number of amides is 4. The summed E-state index contributed by atoms with van der Waals surface area (Å²) >= 11 is 0. The molecule has 2 fully saturated rings. The van der Waals surface area contributed by atoms with Crippen molar-refractivity contribution in [2.75, 3.05) is 27.3 Å². The van der Waals surface area contributed by atoms with Crippen molar-refractivity contribution in [1.29, 1.82) is 0 Å². The van der Waals surface area contributed by atoms with Gasteiger partial charge in [0.25, 0.3) is 11.8 Å². The monoisotopic (exact) mass is 873 g/mol. The molecule has 16 nitrogen and oxygen atoms in total. The number of rotatable bonds is 10. The Bertz CT molecular complexity index is 2910. The van der Waals surface area contributed by atoms with E-state index in [0.717, 1.165) is 76.1 Å². The van der Waals surface area contributed by atoms with E-state index in [1.807, 2.05) is 79.0 Å². The Balaban J connectivity index is 0.860. The highest BCUT2D eigenvalue weighted by Gasteiger charge is 2.39. The minimum atomic E-state index is -0.900. The van der Waals surface area contributed by atoms with Gasteiger partial charge in [0.2, 0.25) is 0 Å². The van der Waals surface area contributed by atoms with E-state index in [1.165, 1.54) is 14.2 Å². The number of hydrogen-bond donors (Lipinski definition) is 4. The summed E-state index contributed by atoms with van der Waals surface area (Å²) in [6.07, 6.45) is 5.30. The van der Waals surface area contributed by atoms with Gasteiger partial charge in [0.15, 0.2) is 6.73 Å². The molecule has 330 valence electrons. The van der Waals surface area contributed by atoms with Gasteiger partial charge in [-0.25, -0.2) is 19.6 Å². The molecule has 4 atom stereocenters. The average molecular weight is 874 g/mol. The number of nitrogens with zero attached hydrogens (tertiary/aromatic N) is 5. The number of carbonyl (C=O) groups excluding carboxylic acids is 4. The first-order chi connectivity index (χ1) is 31.8. The molecular weight excluding hydrogens is 827 g/mol. The summed E-state index contributed by atoms with van der Waals surface area (Å²) in [5.41, 5.74) is 7.84. The second-order valence-electron chi connectivity index (χ2n) is 16.4. The molecule has 0 radical (unpaired) electrons. The maximum absolute atomic E-state index is 14.0. The highest BCUT2D eigenvalue weighted by molar-refractivity contribution is 5.92.